The Morgan fingerprint density at radius 1 is 1.22 bits per heavy atom. The lowest BCUT2D eigenvalue weighted by molar-refractivity contribution is -0.0499. The second-order valence-electron chi connectivity index (χ2n) is 4.77. The van der Waals surface area contributed by atoms with Crippen molar-refractivity contribution in [2.45, 2.75) is 19.6 Å². The summed E-state index contributed by atoms with van der Waals surface area (Å²) in [6.07, 6.45) is 0. The van der Waals surface area contributed by atoms with E-state index in [1.165, 1.54) is 24.3 Å². The first-order valence-corrected chi connectivity index (χ1v) is 7.47. The molecule has 1 N–H and O–H groups in total. The molecule has 2 aromatic rings. The van der Waals surface area contributed by atoms with E-state index >= 15 is 0 Å². The standard InChI is InChI=1S/C16H13BrF3NO2/c1-9(10-3-2-4-12(7-10)23-16(19)20)21-15(22)13-8-11(18)5-6-14(13)17/h2-9,16H,1H3,(H,21,22). The molecule has 1 unspecified atom stereocenters. The first-order valence-electron chi connectivity index (χ1n) is 6.67. The van der Waals surface area contributed by atoms with Crippen LogP contribution in [0.2, 0.25) is 0 Å². The SMILES string of the molecule is CC(NC(=O)c1cc(F)ccc1Br)c1cccc(OC(F)F)c1. The monoisotopic (exact) mass is 387 g/mol. The molecule has 2 aromatic carbocycles. The van der Waals surface area contributed by atoms with Crippen LogP contribution in [0.1, 0.15) is 28.9 Å². The van der Waals surface area contributed by atoms with E-state index in [0.717, 1.165) is 6.07 Å². The van der Waals surface area contributed by atoms with E-state index in [4.69, 9.17) is 0 Å². The lowest BCUT2D eigenvalue weighted by atomic mass is 10.1. The summed E-state index contributed by atoms with van der Waals surface area (Å²) < 4.78 is 42.5. The van der Waals surface area contributed by atoms with Gasteiger partial charge in [0.05, 0.1) is 11.6 Å². The van der Waals surface area contributed by atoms with Crippen molar-refractivity contribution in [3.8, 4) is 5.75 Å². The largest absolute Gasteiger partial charge is 0.435 e. The third kappa shape index (κ3) is 4.72. The summed E-state index contributed by atoms with van der Waals surface area (Å²) in [6.45, 7) is -1.23. The molecule has 0 aromatic heterocycles. The van der Waals surface area contributed by atoms with Gasteiger partial charge < -0.3 is 10.1 Å². The molecular weight excluding hydrogens is 375 g/mol. The van der Waals surface area contributed by atoms with Crippen molar-refractivity contribution in [1.82, 2.24) is 5.32 Å². The summed E-state index contributed by atoms with van der Waals surface area (Å²) in [5, 5.41) is 2.68. The van der Waals surface area contributed by atoms with Crippen LogP contribution in [0.5, 0.6) is 5.75 Å². The van der Waals surface area contributed by atoms with Crippen molar-refractivity contribution >= 4 is 21.8 Å². The van der Waals surface area contributed by atoms with Crippen LogP contribution < -0.4 is 10.1 Å². The summed E-state index contributed by atoms with van der Waals surface area (Å²) in [4.78, 5) is 12.2. The maximum atomic E-state index is 13.3. The molecule has 0 aliphatic rings. The van der Waals surface area contributed by atoms with E-state index in [-0.39, 0.29) is 11.3 Å². The van der Waals surface area contributed by atoms with Crippen molar-refractivity contribution in [2.75, 3.05) is 0 Å². The Morgan fingerprint density at radius 3 is 2.65 bits per heavy atom. The van der Waals surface area contributed by atoms with E-state index in [1.807, 2.05) is 0 Å². The Bertz CT molecular complexity index is 709. The predicted octanol–water partition coefficient (Wildman–Crippen LogP) is 4.68. The highest BCUT2D eigenvalue weighted by molar-refractivity contribution is 9.10. The molecule has 1 atom stereocenters. The topological polar surface area (TPSA) is 38.3 Å². The van der Waals surface area contributed by atoms with Gasteiger partial charge in [0.2, 0.25) is 0 Å². The van der Waals surface area contributed by atoms with Gasteiger partial charge in [0.15, 0.2) is 0 Å². The number of benzene rings is 2. The van der Waals surface area contributed by atoms with E-state index in [2.05, 4.69) is 26.0 Å². The van der Waals surface area contributed by atoms with Gasteiger partial charge in [-0.05, 0) is 58.7 Å². The lowest BCUT2D eigenvalue weighted by Gasteiger charge is -2.16. The zero-order valence-corrected chi connectivity index (χ0v) is 13.6. The fraction of sp³-hybridized carbons (Fsp3) is 0.188. The van der Waals surface area contributed by atoms with Crippen molar-refractivity contribution < 1.29 is 22.7 Å². The average Bonchev–Trinajstić information content (AvgIpc) is 2.49. The van der Waals surface area contributed by atoms with E-state index in [1.54, 1.807) is 19.1 Å². The highest BCUT2D eigenvalue weighted by Gasteiger charge is 2.15. The number of carbonyl (C=O) groups excluding carboxylic acids is 1. The Morgan fingerprint density at radius 2 is 1.96 bits per heavy atom. The second kappa shape index (κ2) is 7.50. The van der Waals surface area contributed by atoms with Gasteiger partial charge in [0, 0.05) is 4.47 Å². The fourth-order valence-corrected chi connectivity index (χ4v) is 2.42. The average molecular weight is 388 g/mol. The first-order chi connectivity index (χ1) is 10.9. The van der Waals surface area contributed by atoms with E-state index in [9.17, 15) is 18.0 Å². The second-order valence-corrected chi connectivity index (χ2v) is 5.62. The molecule has 122 valence electrons. The molecular formula is C16H13BrF3NO2. The van der Waals surface area contributed by atoms with Crippen LogP contribution in [-0.4, -0.2) is 12.5 Å². The lowest BCUT2D eigenvalue weighted by Crippen LogP contribution is -2.27. The number of halogens is 4. The summed E-state index contributed by atoms with van der Waals surface area (Å²) in [7, 11) is 0. The van der Waals surface area contributed by atoms with Gasteiger partial charge in [-0.2, -0.15) is 8.78 Å². The van der Waals surface area contributed by atoms with Crippen molar-refractivity contribution in [2.24, 2.45) is 0 Å². The number of alkyl halides is 2. The molecule has 0 bridgehead atoms. The number of ether oxygens (including phenoxy) is 1. The quantitative estimate of drug-likeness (QED) is 0.808. The van der Waals surface area contributed by atoms with Gasteiger partial charge in [-0.15, -0.1) is 0 Å². The van der Waals surface area contributed by atoms with Crippen LogP contribution in [0.15, 0.2) is 46.9 Å². The molecule has 0 heterocycles. The van der Waals surface area contributed by atoms with E-state index < -0.39 is 24.4 Å². The minimum Gasteiger partial charge on any atom is -0.435 e. The number of nitrogens with one attached hydrogen (secondary N) is 1. The summed E-state index contributed by atoms with van der Waals surface area (Å²) in [5.74, 6) is -1.01. The number of hydrogen-bond acceptors (Lipinski definition) is 2. The molecule has 0 fully saturated rings. The third-order valence-electron chi connectivity index (χ3n) is 3.10. The normalized spacial score (nSPS) is 12.1. The zero-order valence-electron chi connectivity index (χ0n) is 12.0. The third-order valence-corrected chi connectivity index (χ3v) is 3.80. The molecule has 0 saturated carbocycles. The molecule has 3 nitrogen and oxygen atoms in total. The first kappa shape index (κ1) is 17.3. The van der Waals surface area contributed by atoms with Gasteiger partial charge in [0.1, 0.15) is 11.6 Å². The highest BCUT2D eigenvalue weighted by atomic mass is 79.9. The number of rotatable bonds is 5. The van der Waals surface area contributed by atoms with Gasteiger partial charge in [-0.1, -0.05) is 12.1 Å². The molecule has 0 aliphatic carbocycles. The van der Waals surface area contributed by atoms with Crippen LogP contribution in [0, 0.1) is 5.82 Å². The Hall–Kier alpha value is -2.02. The minimum atomic E-state index is -2.92. The fourth-order valence-electron chi connectivity index (χ4n) is 1.99. The maximum Gasteiger partial charge on any atom is 0.387 e. The van der Waals surface area contributed by atoms with Crippen molar-refractivity contribution in [3.05, 3.63) is 63.9 Å². The molecule has 0 saturated heterocycles. The van der Waals surface area contributed by atoms with Crippen LogP contribution in [0.25, 0.3) is 0 Å². The van der Waals surface area contributed by atoms with Crippen molar-refractivity contribution in [3.63, 3.8) is 0 Å². The smallest absolute Gasteiger partial charge is 0.387 e. The summed E-state index contributed by atoms with van der Waals surface area (Å²) in [6, 6.07) is 9.34. The number of amides is 1. The van der Waals surface area contributed by atoms with Crippen LogP contribution >= 0.6 is 15.9 Å². The van der Waals surface area contributed by atoms with Crippen LogP contribution in [0.3, 0.4) is 0 Å². The maximum absolute atomic E-state index is 13.3. The molecule has 2 rings (SSSR count). The predicted molar refractivity (Wildman–Crippen MR) is 83.1 cm³/mol. The van der Waals surface area contributed by atoms with E-state index in [0.29, 0.717) is 10.0 Å². The number of carbonyl (C=O) groups is 1. The molecule has 0 spiro atoms. The Labute approximate surface area is 139 Å². The summed E-state index contributed by atoms with van der Waals surface area (Å²) >= 11 is 3.19. The summed E-state index contributed by atoms with van der Waals surface area (Å²) in [5.41, 5.74) is 0.737. The number of hydrogen-bond donors (Lipinski definition) is 1. The molecule has 1 amide bonds. The highest BCUT2D eigenvalue weighted by Crippen LogP contribution is 2.22. The Balaban J connectivity index is 2.13. The molecule has 23 heavy (non-hydrogen) atoms. The molecule has 0 aliphatic heterocycles. The van der Waals surface area contributed by atoms with Crippen LogP contribution in [-0.2, 0) is 0 Å². The van der Waals surface area contributed by atoms with Crippen LogP contribution in [0.4, 0.5) is 13.2 Å². The van der Waals surface area contributed by atoms with Crippen molar-refractivity contribution in [1.29, 1.82) is 0 Å². The van der Waals surface area contributed by atoms with Gasteiger partial charge >= 0.3 is 6.61 Å². The Kier molecular flexibility index (Phi) is 5.65. The molecule has 0 radical (unpaired) electrons. The van der Waals surface area contributed by atoms with Gasteiger partial charge in [-0.25, -0.2) is 4.39 Å². The van der Waals surface area contributed by atoms with Gasteiger partial charge in [-0.3, -0.25) is 4.79 Å². The zero-order chi connectivity index (χ0) is 17.0. The minimum absolute atomic E-state index is 0.00513. The molecule has 7 heteroatoms. The van der Waals surface area contributed by atoms with Gasteiger partial charge in [0.25, 0.3) is 5.91 Å².